The van der Waals surface area contributed by atoms with Gasteiger partial charge in [0, 0.05) is 5.41 Å². The molecule has 2 heteroatoms. The fraction of sp³-hybridized carbons (Fsp3) is 0.533. The van der Waals surface area contributed by atoms with Gasteiger partial charge in [-0.15, -0.1) is 0 Å². The maximum Gasteiger partial charge on any atom is 0.112 e. The van der Waals surface area contributed by atoms with Crippen molar-refractivity contribution in [3.63, 3.8) is 0 Å². The number of aromatic amines is 1. The number of hydrogen-bond acceptors (Lipinski definition) is 1. The van der Waals surface area contributed by atoms with Crippen molar-refractivity contribution in [2.75, 3.05) is 0 Å². The van der Waals surface area contributed by atoms with E-state index in [-0.39, 0.29) is 5.41 Å². The van der Waals surface area contributed by atoms with Gasteiger partial charge >= 0.3 is 0 Å². The number of nitrogens with zero attached hydrogens (tertiary/aromatic N) is 1. The summed E-state index contributed by atoms with van der Waals surface area (Å²) in [6, 6.07) is 6.52. The summed E-state index contributed by atoms with van der Waals surface area (Å²) in [6.07, 6.45) is 1.09. The molecule has 0 fully saturated rings. The molecule has 0 bridgehead atoms. The van der Waals surface area contributed by atoms with Crippen LogP contribution in [0.2, 0.25) is 0 Å². The predicted octanol–water partition coefficient (Wildman–Crippen LogP) is 4.37. The van der Waals surface area contributed by atoms with Gasteiger partial charge in [0.25, 0.3) is 0 Å². The van der Waals surface area contributed by atoms with Crippen LogP contribution in [-0.4, -0.2) is 9.97 Å². The quantitative estimate of drug-likeness (QED) is 0.833. The van der Waals surface area contributed by atoms with E-state index in [0.29, 0.717) is 5.92 Å². The highest BCUT2D eigenvalue weighted by Crippen LogP contribution is 2.27. The van der Waals surface area contributed by atoms with Crippen molar-refractivity contribution in [3.05, 3.63) is 29.6 Å². The molecule has 2 rings (SSSR count). The Morgan fingerprint density at radius 3 is 2.59 bits per heavy atom. The molecule has 1 N–H and O–H groups in total. The molecular weight excluding hydrogens is 208 g/mol. The fourth-order valence-corrected chi connectivity index (χ4v) is 1.87. The fourth-order valence-electron chi connectivity index (χ4n) is 1.87. The molecule has 92 valence electrons. The minimum absolute atomic E-state index is 0.122. The Morgan fingerprint density at radius 2 is 2.00 bits per heavy atom. The number of nitrogens with one attached hydrogen (secondary N) is 1. The molecule has 2 nitrogen and oxygen atoms in total. The van der Waals surface area contributed by atoms with Gasteiger partial charge < -0.3 is 4.98 Å². The zero-order valence-electron chi connectivity index (χ0n) is 11.5. The molecule has 0 saturated heterocycles. The summed E-state index contributed by atoms with van der Waals surface area (Å²) in [5.41, 5.74) is 3.72. The Labute approximate surface area is 103 Å². The van der Waals surface area contributed by atoms with Crippen molar-refractivity contribution in [3.8, 4) is 0 Å². The topological polar surface area (TPSA) is 28.7 Å². The van der Waals surface area contributed by atoms with Crippen LogP contribution in [0.5, 0.6) is 0 Å². The number of fused-ring (bicyclic) bond motifs is 1. The molecule has 0 amide bonds. The summed E-state index contributed by atoms with van der Waals surface area (Å²) in [7, 11) is 0. The van der Waals surface area contributed by atoms with E-state index in [0.717, 1.165) is 23.3 Å². The number of imidazole rings is 1. The molecule has 2 aromatic rings. The molecule has 0 aliphatic rings. The minimum Gasteiger partial charge on any atom is -0.342 e. The van der Waals surface area contributed by atoms with Crippen LogP contribution in [0.1, 0.15) is 58.3 Å². The monoisotopic (exact) mass is 230 g/mol. The smallest absolute Gasteiger partial charge is 0.112 e. The van der Waals surface area contributed by atoms with Gasteiger partial charge in [0.2, 0.25) is 0 Å². The van der Waals surface area contributed by atoms with Crippen molar-refractivity contribution < 1.29 is 0 Å². The Morgan fingerprint density at radius 1 is 1.29 bits per heavy atom. The number of H-pyrrole nitrogens is 1. The molecule has 0 radical (unpaired) electrons. The summed E-state index contributed by atoms with van der Waals surface area (Å²) in [6.45, 7) is 11.1. The van der Waals surface area contributed by atoms with Gasteiger partial charge in [-0.25, -0.2) is 4.98 Å². The van der Waals surface area contributed by atoms with Crippen LogP contribution in [0.15, 0.2) is 18.2 Å². The van der Waals surface area contributed by atoms with E-state index in [1.54, 1.807) is 0 Å². The van der Waals surface area contributed by atoms with Gasteiger partial charge in [0.15, 0.2) is 0 Å². The highest BCUT2D eigenvalue weighted by atomic mass is 14.9. The largest absolute Gasteiger partial charge is 0.342 e. The second kappa shape index (κ2) is 4.17. The third-order valence-electron chi connectivity index (χ3n) is 3.70. The zero-order valence-corrected chi connectivity index (χ0v) is 11.5. The number of aromatic nitrogens is 2. The van der Waals surface area contributed by atoms with Crippen LogP contribution >= 0.6 is 0 Å². The second-order valence-corrected chi connectivity index (χ2v) is 5.75. The first kappa shape index (κ1) is 12.2. The predicted molar refractivity (Wildman–Crippen MR) is 73.5 cm³/mol. The first-order chi connectivity index (χ1) is 7.94. The van der Waals surface area contributed by atoms with Gasteiger partial charge in [0.1, 0.15) is 5.82 Å². The molecular formula is C15H22N2. The third-order valence-corrected chi connectivity index (χ3v) is 3.70. The van der Waals surface area contributed by atoms with E-state index in [1.807, 2.05) is 0 Å². The van der Waals surface area contributed by atoms with Crippen LogP contribution in [0.4, 0.5) is 0 Å². The molecule has 0 aliphatic carbocycles. The lowest BCUT2D eigenvalue weighted by atomic mass is 9.90. The molecule has 0 unspecified atom stereocenters. The Kier molecular flexibility index (Phi) is 2.98. The van der Waals surface area contributed by atoms with Gasteiger partial charge in [0.05, 0.1) is 11.0 Å². The molecule has 17 heavy (non-hydrogen) atoms. The highest BCUT2D eigenvalue weighted by Gasteiger charge is 2.22. The summed E-state index contributed by atoms with van der Waals surface area (Å²) in [5, 5.41) is 0. The number of hydrogen-bond donors (Lipinski definition) is 1. The van der Waals surface area contributed by atoms with Gasteiger partial charge in [-0.05, 0) is 30.0 Å². The Balaban J connectivity index is 2.51. The molecule has 0 atom stereocenters. The maximum absolute atomic E-state index is 4.70. The summed E-state index contributed by atoms with van der Waals surface area (Å²) < 4.78 is 0. The lowest BCUT2D eigenvalue weighted by molar-refractivity contribution is 0.479. The van der Waals surface area contributed by atoms with Gasteiger partial charge in [-0.1, -0.05) is 40.7 Å². The van der Waals surface area contributed by atoms with Crippen molar-refractivity contribution in [1.29, 1.82) is 0 Å². The van der Waals surface area contributed by atoms with Gasteiger partial charge in [-0.2, -0.15) is 0 Å². The Bertz CT molecular complexity index is 521. The Hall–Kier alpha value is -1.31. The van der Waals surface area contributed by atoms with E-state index in [2.05, 4.69) is 57.8 Å². The molecule has 1 aromatic heterocycles. The van der Waals surface area contributed by atoms with Crippen LogP contribution < -0.4 is 0 Å². The number of benzene rings is 1. The normalized spacial score (nSPS) is 12.6. The highest BCUT2D eigenvalue weighted by molar-refractivity contribution is 5.76. The molecule has 0 saturated carbocycles. The SMILES string of the molecule is CCC(C)(C)c1nc2ccc(C(C)C)cc2[nH]1. The van der Waals surface area contributed by atoms with Crippen molar-refractivity contribution >= 4 is 11.0 Å². The van der Waals surface area contributed by atoms with E-state index in [4.69, 9.17) is 4.98 Å². The average molecular weight is 230 g/mol. The first-order valence-electron chi connectivity index (χ1n) is 6.44. The molecule has 1 heterocycles. The minimum atomic E-state index is 0.122. The third kappa shape index (κ3) is 2.21. The van der Waals surface area contributed by atoms with E-state index < -0.39 is 0 Å². The van der Waals surface area contributed by atoms with Crippen LogP contribution in [0, 0.1) is 0 Å². The lowest BCUT2D eigenvalue weighted by Crippen LogP contribution is -2.17. The summed E-state index contributed by atoms with van der Waals surface area (Å²) >= 11 is 0. The van der Waals surface area contributed by atoms with Crippen LogP contribution in [0.25, 0.3) is 11.0 Å². The average Bonchev–Trinajstić information content (AvgIpc) is 2.72. The van der Waals surface area contributed by atoms with Crippen LogP contribution in [-0.2, 0) is 5.41 Å². The summed E-state index contributed by atoms with van der Waals surface area (Å²) in [4.78, 5) is 8.17. The standard InChI is InChI=1S/C15H22N2/c1-6-15(4,5)14-16-12-8-7-11(10(2)3)9-13(12)17-14/h7-10H,6H2,1-5H3,(H,16,17). The lowest BCUT2D eigenvalue weighted by Gasteiger charge is -2.18. The van der Waals surface area contributed by atoms with Crippen molar-refractivity contribution in [2.45, 2.75) is 52.4 Å². The van der Waals surface area contributed by atoms with E-state index >= 15 is 0 Å². The zero-order chi connectivity index (χ0) is 12.6. The molecule has 1 aromatic carbocycles. The van der Waals surface area contributed by atoms with E-state index in [9.17, 15) is 0 Å². The molecule has 0 spiro atoms. The van der Waals surface area contributed by atoms with E-state index in [1.165, 1.54) is 5.56 Å². The maximum atomic E-state index is 4.70. The van der Waals surface area contributed by atoms with Crippen LogP contribution in [0.3, 0.4) is 0 Å². The molecule has 0 aliphatic heterocycles. The first-order valence-corrected chi connectivity index (χ1v) is 6.44. The van der Waals surface area contributed by atoms with Crippen molar-refractivity contribution in [2.24, 2.45) is 0 Å². The summed E-state index contributed by atoms with van der Waals surface area (Å²) in [5.74, 6) is 1.65. The van der Waals surface area contributed by atoms with Crippen molar-refractivity contribution in [1.82, 2.24) is 9.97 Å². The van der Waals surface area contributed by atoms with Gasteiger partial charge in [-0.3, -0.25) is 0 Å². The second-order valence-electron chi connectivity index (χ2n) is 5.75. The number of rotatable bonds is 3.